The van der Waals surface area contributed by atoms with E-state index < -0.39 is 10.0 Å². The summed E-state index contributed by atoms with van der Waals surface area (Å²) in [6.07, 6.45) is 3.38. The van der Waals surface area contributed by atoms with Crippen molar-refractivity contribution in [3.8, 4) is 0 Å². The Balaban J connectivity index is 2.65. The lowest BCUT2D eigenvalue weighted by molar-refractivity contribution is 0.574. The molecule has 6 heteroatoms. The maximum absolute atomic E-state index is 11.8. The average molecular weight is 271 g/mol. The van der Waals surface area contributed by atoms with Crippen molar-refractivity contribution in [3.63, 3.8) is 0 Å². The average Bonchev–Trinajstić information content (AvgIpc) is 2.37. The van der Waals surface area contributed by atoms with E-state index in [1.807, 2.05) is 13.8 Å². The van der Waals surface area contributed by atoms with Crippen molar-refractivity contribution in [2.24, 2.45) is 0 Å². The molecular weight excluding hydrogens is 250 g/mol. The van der Waals surface area contributed by atoms with E-state index in [4.69, 9.17) is 0 Å². The molecule has 1 rings (SSSR count). The second-order valence-corrected chi connectivity index (χ2v) is 5.75. The maximum atomic E-state index is 11.8. The van der Waals surface area contributed by atoms with Crippen LogP contribution < -0.4 is 10.0 Å². The van der Waals surface area contributed by atoms with Crippen LogP contribution in [0.5, 0.6) is 0 Å². The number of sulfonamides is 1. The van der Waals surface area contributed by atoms with Gasteiger partial charge in [-0.1, -0.05) is 26.3 Å². The van der Waals surface area contributed by atoms with Gasteiger partial charge in [-0.25, -0.2) is 18.1 Å². The van der Waals surface area contributed by atoms with Gasteiger partial charge in [0.25, 0.3) is 10.0 Å². The Labute approximate surface area is 109 Å². The Kier molecular flexibility index (Phi) is 6.24. The minimum atomic E-state index is -3.45. The lowest BCUT2D eigenvalue weighted by Gasteiger charge is -2.06. The first-order valence-corrected chi connectivity index (χ1v) is 7.73. The smallest absolute Gasteiger partial charge is 0.258 e. The zero-order chi connectivity index (χ0) is 13.4. The van der Waals surface area contributed by atoms with Crippen molar-refractivity contribution in [2.75, 3.05) is 13.1 Å². The highest BCUT2D eigenvalue weighted by Gasteiger charge is 2.14. The molecule has 0 amide bonds. The number of hydrogen-bond acceptors (Lipinski definition) is 4. The second-order valence-electron chi connectivity index (χ2n) is 4.04. The summed E-state index contributed by atoms with van der Waals surface area (Å²) in [5.41, 5.74) is 0.976. The van der Waals surface area contributed by atoms with Crippen molar-refractivity contribution in [3.05, 3.63) is 23.9 Å². The Bertz CT molecular complexity index is 443. The van der Waals surface area contributed by atoms with Crippen molar-refractivity contribution in [1.29, 1.82) is 0 Å². The largest absolute Gasteiger partial charge is 0.313 e. The molecule has 0 unspecified atom stereocenters. The van der Waals surface area contributed by atoms with Crippen LogP contribution in [0.4, 0.5) is 0 Å². The molecule has 102 valence electrons. The lowest BCUT2D eigenvalue weighted by Crippen LogP contribution is -2.25. The van der Waals surface area contributed by atoms with E-state index >= 15 is 0 Å². The molecule has 0 bridgehead atoms. The Morgan fingerprint density at radius 3 is 2.61 bits per heavy atom. The monoisotopic (exact) mass is 271 g/mol. The molecule has 2 N–H and O–H groups in total. The predicted octanol–water partition coefficient (Wildman–Crippen LogP) is 1.27. The molecule has 1 aromatic rings. The first-order chi connectivity index (χ1) is 8.60. The van der Waals surface area contributed by atoms with Crippen LogP contribution in [-0.2, 0) is 16.6 Å². The molecule has 0 aliphatic heterocycles. The topological polar surface area (TPSA) is 71.1 Å². The predicted molar refractivity (Wildman–Crippen MR) is 71.7 cm³/mol. The van der Waals surface area contributed by atoms with Crippen LogP contribution in [-0.4, -0.2) is 26.5 Å². The van der Waals surface area contributed by atoms with Gasteiger partial charge < -0.3 is 5.32 Å². The number of rotatable bonds is 8. The minimum absolute atomic E-state index is 0.0823. The van der Waals surface area contributed by atoms with E-state index in [9.17, 15) is 8.42 Å². The summed E-state index contributed by atoms with van der Waals surface area (Å²) >= 11 is 0. The third-order valence-electron chi connectivity index (χ3n) is 2.47. The molecule has 18 heavy (non-hydrogen) atoms. The fraction of sp³-hybridized carbons (Fsp3) is 0.583. The van der Waals surface area contributed by atoms with Crippen LogP contribution in [0.3, 0.4) is 0 Å². The molecule has 0 saturated heterocycles. The number of unbranched alkanes of at least 4 members (excludes halogenated alkanes) is 1. The fourth-order valence-corrected chi connectivity index (χ4v) is 2.40. The maximum Gasteiger partial charge on any atom is 0.258 e. The van der Waals surface area contributed by atoms with E-state index in [0.29, 0.717) is 13.1 Å². The zero-order valence-electron chi connectivity index (χ0n) is 10.9. The fourth-order valence-electron chi connectivity index (χ4n) is 1.40. The molecule has 0 spiro atoms. The van der Waals surface area contributed by atoms with E-state index in [2.05, 4.69) is 15.0 Å². The Morgan fingerprint density at radius 1 is 1.28 bits per heavy atom. The molecular formula is C12H21N3O2S. The molecule has 0 radical (unpaired) electrons. The SMILES string of the molecule is CCCCNS(=O)(=O)c1ccc(CNCC)cn1. The second kappa shape index (κ2) is 7.45. The summed E-state index contributed by atoms with van der Waals surface area (Å²) in [6, 6.07) is 3.32. The van der Waals surface area contributed by atoms with Crippen molar-refractivity contribution >= 4 is 10.0 Å². The van der Waals surface area contributed by atoms with Crippen LogP contribution in [0.25, 0.3) is 0 Å². The minimum Gasteiger partial charge on any atom is -0.313 e. The van der Waals surface area contributed by atoms with Gasteiger partial charge in [0.15, 0.2) is 5.03 Å². The Hall–Kier alpha value is -0.980. The van der Waals surface area contributed by atoms with Gasteiger partial charge in [-0.15, -0.1) is 0 Å². The third-order valence-corrected chi connectivity index (χ3v) is 3.85. The van der Waals surface area contributed by atoms with Gasteiger partial charge in [-0.3, -0.25) is 0 Å². The van der Waals surface area contributed by atoms with Gasteiger partial charge >= 0.3 is 0 Å². The highest BCUT2D eigenvalue weighted by Crippen LogP contribution is 2.06. The van der Waals surface area contributed by atoms with Gasteiger partial charge in [-0.2, -0.15) is 0 Å². The number of hydrogen-bond donors (Lipinski definition) is 2. The Morgan fingerprint density at radius 2 is 2.06 bits per heavy atom. The molecule has 0 aliphatic carbocycles. The van der Waals surface area contributed by atoms with Gasteiger partial charge in [0.2, 0.25) is 0 Å². The van der Waals surface area contributed by atoms with Gasteiger partial charge in [-0.05, 0) is 24.6 Å². The highest BCUT2D eigenvalue weighted by atomic mass is 32.2. The molecule has 5 nitrogen and oxygen atoms in total. The summed E-state index contributed by atoms with van der Waals surface area (Å²) in [7, 11) is -3.45. The van der Waals surface area contributed by atoms with Crippen LogP contribution in [0.15, 0.2) is 23.4 Å². The van der Waals surface area contributed by atoms with Crippen LogP contribution in [0, 0.1) is 0 Å². The molecule has 1 aromatic heterocycles. The number of aromatic nitrogens is 1. The first-order valence-electron chi connectivity index (χ1n) is 6.25. The zero-order valence-corrected chi connectivity index (χ0v) is 11.8. The number of nitrogens with one attached hydrogen (secondary N) is 2. The first kappa shape index (κ1) is 15.1. The summed E-state index contributed by atoms with van der Waals surface area (Å²) in [4.78, 5) is 3.99. The molecule has 0 aromatic carbocycles. The number of nitrogens with zero attached hydrogens (tertiary/aromatic N) is 1. The van der Waals surface area contributed by atoms with Gasteiger partial charge in [0.05, 0.1) is 0 Å². The van der Waals surface area contributed by atoms with E-state index in [1.165, 1.54) is 0 Å². The van der Waals surface area contributed by atoms with Crippen LogP contribution >= 0.6 is 0 Å². The van der Waals surface area contributed by atoms with Gasteiger partial charge in [0, 0.05) is 19.3 Å². The van der Waals surface area contributed by atoms with Crippen molar-refractivity contribution in [2.45, 2.75) is 38.3 Å². The van der Waals surface area contributed by atoms with Crippen LogP contribution in [0.1, 0.15) is 32.3 Å². The molecule has 1 heterocycles. The molecule has 0 saturated carbocycles. The highest BCUT2D eigenvalue weighted by molar-refractivity contribution is 7.89. The normalized spacial score (nSPS) is 11.7. The summed E-state index contributed by atoms with van der Waals surface area (Å²) in [6.45, 7) is 6.07. The molecule has 0 aliphatic rings. The molecule has 0 fully saturated rings. The third kappa shape index (κ3) is 4.72. The van der Waals surface area contributed by atoms with Gasteiger partial charge in [0.1, 0.15) is 0 Å². The molecule has 0 atom stereocenters. The lowest BCUT2D eigenvalue weighted by atomic mass is 10.3. The van der Waals surface area contributed by atoms with Crippen molar-refractivity contribution < 1.29 is 8.42 Å². The summed E-state index contributed by atoms with van der Waals surface area (Å²) in [5.74, 6) is 0. The van der Waals surface area contributed by atoms with E-state index in [0.717, 1.165) is 24.9 Å². The standard InChI is InChI=1S/C12H21N3O2S/c1-3-5-8-15-18(16,17)12-7-6-11(10-14-12)9-13-4-2/h6-7,10,13,15H,3-5,8-9H2,1-2H3. The van der Waals surface area contributed by atoms with E-state index in [1.54, 1.807) is 18.3 Å². The number of pyridine rings is 1. The summed E-state index contributed by atoms with van der Waals surface area (Å²) in [5, 5.41) is 3.24. The van der Waals surface area contributed by atoms with Crippen molar-refractivity contribution in [1.82, 2.24) is 15.0 Å². The van der Waals surface area contributed by atoms with E-state index in [-0.39, 0.29) is 5.03 Å². The quantitative estimate of drug-likeness (QED) is 0.699. The van der Waals surface area contributed by atoms with Crippen LogP contribution in [0.2, 0.25) is 0 Å². The summed E-state index contributed by atoms with van der Waals surface area (Å²) < 4.78 is 26.2.